The molecule has 27 heavy (non-hydrogen) atoms. The van der Waals surface area contributed by atoms with E-state index >= 15 is 0 Å². The minimum absolute atomic E-state index is 0.377. The van der Waals surface area contributed by atoms with Crippen molar-refractivity contribution in [2.75, 3.05) is 27.4 Å². The molecule has 0 radical (unpaired) electrons. The minimum atomic E-state index is 0.377. The van der Waals surface area contributed by atoms with Crippen molar-refractivity contribution < 1.29 is 18.9 Å². The van der Waals surface area contributed by atoms with Crippen LogP contribution in [0.5, 0.6) is 23.0 Å². The number of benzene rings is 2. The van der Waals surface area contributed by atoms with Crippen molar-refractivity contribution in [1.82, 2.24) is 14.9 Å². The van der Waals surface area contributed by atoms with Gasteiger partial charge in [-0.05, 0) is 35.9 Å². The molecule has 0 saturated carbocycles. The van der Waals surface area contributed by atoms with E-state index in [1.165, 1.54) is 17.3 Å². The Morgan fingerprint density at radius 3 is 2.44 bits per heavy atom. The van der Waals surface area contributed by atoms with Crippen molar-refractivity contribution >= 4 is 6.21 Å². The topological polar surface area (TPSA) is 80.0 Å². The number of ether oxygens (including phenoxy) is 4. The van der Waals surface area contributed by atoms with E-state index in [1.54, 1.807) is 20.4 Å². The third-order valence-electron chi connectivity index (χ3n) is 3.59. The van der Waals surface area contributed by atoms with E-state index in [0.717, 1.165) is 17.1 Å². The second-order valence-corrected chi connectivity index (χ2v) is 5.37. The zero-order valence-electron chi connectivity index (χ0n) is 15.1. The smallest absolute Gasteiger partial charge is 0.161 e. The fraction of sp³-hybridized carbons (Fsp3) is 0.211. The Hall–Kier alpha value is -3.55. The van der Waals surface area contributed by atoms with Gasteiger partial charge in [0.1, 0.15) is 37.4 Å². The van der Waals surface area contributed by atoms with Crippen LogP contribution in [0.2, 0.25) is 0 Å². The summed E-state index contributed by atoms with van der Waals surface area (Å²) in [4.78, 5) is 0. The van der Waals surface area contributed by atoms with Gasteiger partial charge < -0.3 is 18.9 Å². The van der Waals surface area contributed by atoms with Crippen molar-refractivity contribution in [2.45, 2.75) is 0 Å². The summed E-state index contributed by atoms with van der Waals surface area (Å²) in [6.45, 7) is 0.773. The van der Waals surface area contributed by atoms with Crippen LogP contribution in [-0.2, 0) is 0 Å². The van der Waals surface area contributed by atoms with Gasteiger partial charge in [0.05, 0.1) is 20.4 Å². The van der Waals surface area contributed by atoms with Gasteiger partial charge in [0.25, 0.3) is 0 Å². The molecule has 0 bridgehead atoms. The maximum absolute atomic E-state index is 5.76. The Morgan fingerprint density at radius 2 is 1.67 bits per heavy atom. The third kappa shape index (κ3) is 5.21. The summed E-state index contributed by atoms with van der Waals surface area (Å²) in [6.07, 6.45) is 4.70. The van der Waals surface area contributed by atoms with Gasteiger partial charge in [0, 0.05) is 6.07 Å². The van der Waals surface area contributed by atoms with Gasteiger partial charge in [0.2, 0.25) is 0 Å². The van der Waals surface area contributed by atoms with E-state index in [1.807, 2.05) is 42.5 Å². The van der Waals surface area contributed by atoms with Crippen LogP contribution in [0.1, 0.15) is 5.56 Å². The Kier molecular flexibility index (Phi) is 6.24. The molecule has 140 valence electrons. The standard InChI is InChI=1S/C19H20N4O4/c1-24-16-4-3-5-17(11-16)26-8-9-27-18-7-6-15(10-19(18)25-2)12-22-23-13-20-21-14-23/h3-7,10-14H,8-9H2,1-2H3/b22-12+. The quantitative estimate of drug-likeness (QED) is 0.427. The molecule has 0 atom stereocenters. The Balaban J connectivity index is 1.54. The molecule has 0 aliphatic carbocycles. The SMILES string of the molecule is COc1cccc(OCCOc2ccc(/C=N/n3cnnc3)cc2OC)c1. The highest BCUT2D eigenvalue weighted by Crippen LogP contribution is 2.27. The Bertz CT molecular complexity index is 881. The van der Waals surface area contributed by atoms with E-state index in [2.05, 4.69) is 15.3 Å². The molecule has 0 spiro atoms. The molecule has 0 aliphatic heterocycles. The molecule has 0 aliphatic rings. The van der Waals surface area contributed by atoms with Crippen LogP contribution in [0, 0.1) is 0 Å². The van der Waals surface area contributed by atoms with Gasteiger partial charge in [0.15, 0.2) is 11.5 Å². The molecule has 0 N–H and O–H groups in total. The zero-order valence-corrected chi connectivity index (χ0v) is 15.1. The maximum atomic E-state index is 5.76. The van der Waals surface area contributed by atoms with Gasteiger partial charge >= 0.3 is 0 Å². The van der Waals surface area contributed by atoms with Gasteiger partial charge in [-0.3, -0.25) is 0 Å². The molecular formula is C19H20N4O4. The molecule has 0 unspecified atom stereocenters. The summed E-state index contributed by atoms with van der Waals surface area (Å²) >= 11 is 0. The number of hydrogen-bond donors (Lipinski definition) is 0. The molecule has 1 aromatic heterocycles. The lowest BCUT2D eigenvalue weighted by atomic mass is 10.2. The lowest BCUT2D eigenvalue weighted by molar-refractivity contribution is 0.211. The van der Waals surface area contributed by atoms with E-state index < -0.39 is 0 Å². The Labute approximate surface area is 157 Å². The number of hydrogen-bond acceptors (Lipinski definition) is 7. The summed E-state index contributed by atoms with van der Waals surface area (Å²) in [7, 11) is 3.21. The largest absolute Gasteiger partial charge is 0.497 e. The summed E-state index contributed by atoms with van der Waals surface area (Å²) < 4.78 is 23.5. The number of aromatic nitrogens is 3. The van der Waals surface area contributed by atoms with E-state index in [4.69, 9.17) is 18.9 Å². The molecule has 0 saturated heterocycles. The first-order valence-corrected chi connectivity index (χ1v) is 8.25. The van der Waals surface area contributed by atoms with Crippen LogP contribution in [0.4, 0.5) is 0 Å². The highest BCUT2D eigenvalue weighted by molar-refractivity contribution is 5.80. The lowest BCUT2D eigenvalue weighted by Gasteiger charge is -2.12. The Morgan fingerprint density at radius 1 is 0.889 bits per heavy atom. The first kappa shape index (κ1) is 18.2. The van der Waals surface area contributed by atoms with Crippen molar-refractivity contribution in [2.24, 2.45) is 5.10 Å². The molecule has 8 nitrogen and oxygen atoms in total. The molecule has 0 fully saturated rings. The van der Waals surface area contributed by atoms with Crippen molar-refractivity contribution in [1.29, 1.82) is 0 Å². The van der Waals surface area contributed by atoms with Gasteiger partial charge in [-0.2, -0.15) is 5.10 Å². The first-order chi connectivity index (χ1) is 13.3. The van der Waals surface area contributed by atoms with Crippen LogP contribution >= 0.6 is 0 Å². The fourth-order valence-electron chi connectivity index (χ4n) is 2.27. The highest BCUT2D eigenvalue weighted by Gasteiger charge is 2.05. The number of rotatable bonds is 9. The predicted octanol–water partition coefficient (Wildman–Crippen LogP) is 2.64. The first-order valence-electron chi connectivity index (χ1n) is 8.25. The van der Waals surface area contributed by atoms with E-state index in [0.29, 0.717) is 24.7 Å². The maximum Gasteiger partial charge on any atom is 0.161 e. The minimum Gasteiger partial charge on any atom is -0.497 e. The molecule has 2 aromatic carbocycles. The lowest BCUT2D eigenvalue weighted by Crippen LogP contribution is -2.09. The van der Waals surface area contributed by atoms with Crippen molar-refractivity contribution in [3.8, 4) is 23.0 Å². The zero-order chi connectivity index (χ0) is 18.9. The second-order valence-electron chi connectivity index (χ2n) is 5.37. The van der Waals surface area contributed by atoms with Gasteiger partial charge in [-0.1, -0.05) is 6.07 Å². The van der Waals surface area contributed by atoms with Crippen LogP contribution in [0.25, 0.3) is 0 Å². The van der Waals surface area contributed by atoms with Gasteiger partial charge in [-0.15, -0.1) is 10.2 Å². The summed E-state index contributed by atoms with van der Waals surface area (Å²) in [6, 6.07) is 13.0. The van der Waals surface area contributed by atoms with Crippen molar-refractivity contribution in [3.05, 3.63) is 60.7 Å². The molecule has 0 amide bonds. The number of methoxy groups -OCH3 is 2. The molecular weight excluding hydrogens is 348 g/mol. The van der Waals surface area contributed by atoms with Crippen LogP contribution in [-0.4, -0.2) is 48.5 Å². The normalized spacial score (nSPS) is 10.7. The fourth-order valence-corrected chi connectivity index (χ4v) is 2.27. The second kappa shape index (κ2) is 9.23. The predicted molar refractivity (Wildman–Crippen MR) is 100.0 cm³/mol. The van der Waals surface area contributed by atoms with Crippen molar-refractivity contribution in [3.63, 3.8) is 0 Å². The van der Waals surface area contributed by atoms with Crippen LogP contribution in [0.15, 0.2) is 60.2 Å². The third-order valence-corrected chi connectivity index (χ3v) is 3.59. The molecule has 3 aromatic rings. The molecule has 3 rings (SSSR count). The molecule has 8 heteroatoms. The average molecular weight is 368 g/mol. The number of nitrogens with zero attached hydrogens (tertiary/aromatic N) is 4. The summed E-state index contributed by atoms with van der Waals surface area (Å²) in [5, 5.41) is 11.6. The monoisotopic (exact) mass is 368 g/mol. The molecule has 1 heterocycles. The van der Waals surface area contributed by atoms with Crippen LogP contribution in [0.3, 0.4) is 0 Å². The summed E-state index contributed by atoms with van der Waals surface area (Å²) in [5.41, 5.74) is 0.862. The van der Waals surface area contributed by atoms with E-state index in [-0.39, 0.29) is 0 Å². The van der Waals surface area contributed by atoms with E-state index in [9.17, 15) is 0 Å². The average Bonchev–Trinajstić information content (AvgIpc) is 3.24. The highest BCUT2D eigenvalue weighted by atomic mass is 16.5. The van der Waals surface area contributed by atoms with Crippen LogP contribution < -0.4 is 18.9 Å². The summed E-state index contributed by atoms with van der Waals surface area (Å²) in [5.74, 6) is 2.72. The van der Waals surface area contributed by atoms with Gasteiger partial charge in [-0.25, -0.2) is 4.68 Å².